The summed E-state index contributed by atoms with van der Waals surface area (Å²) < 4.78 is 10.9. The van der Waals surface area contributed by atoms with Gasteiger partial charge in [0, 0.05) is 0 Å². The first-order valence-electron chi connectivity index (χ1n) is 4.94. The van der Waals surface area contributed by atoms with Gasteiger partial charge in [0.2, 0.25) is 5.88 Å². The molecule has 0 radical (unpaired) electrons. The van der Waals surface area contributed by atoms with Crippen molar-refractivity contribution < 1.29 is 24.5 Å². The molecule has 1 rings (SSSR count). The average Bonchev–Trinajstić information content (AvgIpc) is 2.63. The number of nitrogen functional groups attached to an aromatic ring is 1. The van der Waals surface area contributed by atoms with Crippen LogP contribution in [-0.4, -0.2) is 52.9 Å². The predicted octanol–water partition coefficient (Wildman–Crippen LogP) is -1.38. The van der Waals surface area contributed by atoms with Crippen molar-refractivity contribution in [3.05, 3.63) is 5.56 Å². The number of aromatic nitrogens is 2. The lowest BCUT2D eigenvalue weighted by atomic mass is 10.3. The minimum absolute atomic E-state index is 0.00519. The molecule has 0 saturated heterocycles. The number of ether oxygens (including phenoxy) is 2. The lowest BCUT2D eigenvalue weighted by Gasteiger charge is -2.02. The molecule has 96 valence electrons. The van der Waals surface area contributed by atoms with Crippen molar-refractivity contribution in [2.24, 2.45) is 0 Å². The fraction of sp³-hybridized carbons (Fsp3) is 0.556. The van der Waals surface area contributed by atoms with Gasteiger partial charge in [-0.3, -0.25) is 0 Å². The van der Waals surface area contributed by atoms with Gasteiger partial charge in [-0.25, -0.2) is 9.48 Å². The molecule has 8 nitrogen and oxygen atoms in total. The van der Waals surface area contributed by atoms with Crippen LogP contribution in [0.15, 0.2) is 0 Å². The third-order valence-electron chi connectivity index (χ3n) is 1.99. The van der Waals surface area contributed by atoms with Crippen LogP contribution in [0, 0.1) is 0 Å². The monoisotopic (exact) mass is 245 g/mol. The topological polar surface area (TPSA) is 120 Å². The smallest absolute Gasteiger partial charge is 0.347 e. The Labute approximate surface area is 97.5 Å². The van der Waals surface area contributed by atoms with Crippen molar-refractivity contribution in [2.75, 3.05) is 32.7 Å². The first kappa shape index (κ1) is 13.3. The van der Waals surface area contributed by atoms with E-state index in [4.69, 9.17) is 20.7 Å². The molecule has 0 aliphatic carbocycles. The van der Waals surface area contributed by atoms with Gasteiger partial charge in [0.05, 0.1) is 26.9 Å². The Balaban J connectivity index is 3.07. The fourth-order valence-corrected chi connectivity index (χ4v) is 1.25. The van der Waals surface area contributed by atoms with Gasteiger partial charge in [0.1, 0.15) is 12.4 Å². The van der Waals surface area contributed by atoms with E-state index in [1.165, 1.54) is 11.8 Å². The van der Waals surface area contributed by atoms with Crippen LogP contribution in [0.25, 0.3) is 0 Å². The van der Waals surface area contributed by atoms with Crippen LogP contribution in [0.4, 0.5) is 5.82 Å². The second-order valence-corrected chi connectivity index (χ2v) is 3.08. The lowest BCUT2D eigenvalue weighted by molar-refractivity contribution is 0.0596. The highest BCUT2D eigenvalue weighted by Gasteiger charge is 2.24. The number of carbonyl (C=O) groups excluding carboxylic acids is 1. The van der Waals surface area contributed by atoms with Crippen LogP contribution < -0.4 is 10.5 Å². The summed E-state index contributed by atoms with van der Waals surface area (Å²) in [6.07, 6.45) is 0. The number of aliphatic hydroxyl groups is 2. The van der Waals surface area contributed by atoms with E-state index in [0.717, 1.165) is 0 Å². The average molecular weight is 245 g/mol. The van der Waals surface area contributed by atoms with Crippen LogP contribution >= 0.6 is 0 Å². The molecule has 0 aliphatic rings. The van der Waals surface area contributed by atoms with E-state index in [2.05, 4.69) is 9.84 Å². The van der Waals surface area contributed by atoms with Crippen molar-refractivity contribution in [3.8, 4) is 5.88 Å². The van der Waals surface area contributed by atoms with Crippen LogP contribution in [0.3, 0.4) is 0 Å². The van der Waals surface area contributed by atoms with E-state index in [9.17, 15) is 4.79 Å². The lowest BCUT2D eigenvalue weighted by Crippen LogP contribution is -2.10. The van der Waals surface area contributed by atoms with Crippen molar-refractivity contribution >= 4 is 11.8 Å². The second kappa shape index (κ2) is 6.06. The number of carbonyl (C=O) groups is 1. The molecular weight excluding hydrogens is 230 g/mol. The molecule has 1 aromatic heterocycles. The maximum absolute atomic E-state index is 11.5. The summed E-state index contributed by atoms with van der Waals surface area (Å²) in [6.45, 7) is -0.267. The number of nitrogens with two attached hydrogens (primary N) is 1. The number of rotatable bonds is 6. The van der Waals surface area contributed by atoms with E-state index in [-0.39, 0.29) is 43.6 Å². The standard InChI is InChI=1S/C9H15N3O5/c1-16-9(15)6-7(10)12(2-3-13)11-8(6)17-5-4-14/h13-14H,2-5,10H2,1H3. The second-order valence-electron chi connectivity index (χ2n) is 3.08. The first-order chi connectivity index (χ1) is 8.15. The summed E-state index contributed by atoms with van der Waals surface area (Å²) in [6, 6.07) is 0. The molecule has 0 saturated carbocycles. The Hall–Kier alpha value is -1.80. The predicted molar refractivity (Wildman–Crippen MR) is 57.6 cm³/mol. The van der Waals surface area contributed by atoms with Crippen molar-refractivity contribution in [1.29, 1.82) is 0 Å². The third-order valence-corrected chi connectivity index (χ3v) is 1.99. The summed E-state index contributed by atoms with van der Waals surface area (Å²) in [7, 11) is 1.21. The summed E-state index contributed by atoms with van der Waals surface area (Å²) in [4.78, 5) is 11.5. The Kier molecular flexibility index (Phi) is 4.73. The maximum atomic E-state index is 11.5. The SMILES string of the molecule is COC(=O)c1c(OCCO)nn(CCO)c1N. The number of hydrogen-bond acceptors (Lipinski definition) is 7. The van der Waals surface area contributed by atoms with E-state index in [1.54, 1.807) is 0 Å². The minimum Gasteiger partial charge on any atom is -0.474 e. The highest BCUT2D eigenvalue weighted by Crippen LogP contribution is 2.24. The van der Waals surface area contributed by atoms with Gasteiger partial charge >= 0.3 is 5.97 Å². The summed E-state index contributed by atoms with van der Waals surface area (Å²) in [5.74, 6) is -0.643. The number of methoxy groups -OCH3 is 1. The quantitative estimate of drug-likeness (QED) is 0.528. The van der Waals surface area contributed by atoms with Gasteiger partial charge in [-0.2, -0.15) is 0 Å². The highest BCUT2D eigenvalue weighted by molar-refractivity contribution is 5.96. The Morgan fingerprint density at radius 1 is 1.47 bits per heavy atom. The van der Waals surface area contributed by atoms with Crippen LogP contribution in [0.2, 0.25) is 0 Å². The molecule has 4 N–H and O–H groups in total. The normalized spacial score (nSPS) is 10.3. The molecular formula is C9H15N3O5. The summed E-state index contributed by atoms with van der Waals surface area (Å²) in [5, 5.41) is 21.4. The molecule has 0 aliphatic heterocycles. The number of nitrogens with zero attached hydrogens (tertiary/aromatic N) is 2. The minimum atomic E-state index is -0.681. The number of aliphatic hydroxyl groups excluding tert-OH is 2. The number of hydrogen-bond donors (Lipinski definition) is 3. The Morgan fingerprint density at radius 2 is 2.18 bits per heavy atom. The Morgan fingerprint density at radius 3 is 2.71 bits per heavy atom. The van der Waals surface area contributed by atoms with E-state index >= 15 is 0 Å². The van der Waals surface area contributed by atoms with Gasteiger partial charge in [0.25, 0.3) is 0 Å². The number of esters is 1. The fourth-order valence-electron chi connectivity index (χ4n) is 1.25. The number of anilines is 1. The molecule has 0 spiro atoms. The zero-order valence-electron chi connectivity index (χ0n) is 9.42. The molecule has 1 heterocycles. The van der Waals surface area contributed by atoms with E-state index < -0.39 is 5.97 Å². The molecule has 1 aromatic rings. The largest absolute Gasteiger partial charge is 0.474 e. The molecule has 0 fully saturated rings. The molecule has 0 bridgehead atoms. The van der Waals surface area contributed by atoms with Gasteiger partial charge in [-0.1, -0.05) is 0 Å². The summed E-state index contributed by atoms with van der Waals surface area (Å²) in [5.41, 5.74) is 5.68. The third kappa shape index (κ3) is 2.86. The molecule has 0 unspecified atom stereocenters. The first-order valence-corrected chi connectivity index (χ1v) is 4.94. The van der Waals surface area contributed by atoms with Gasteiger partial charge in [-0.05, 0) is 0 Å². The van der Waals surface area contributed by atoms with Crippen LogP contribution in [0.1, 0.15) is 10.4 Å². The molecule has 0 aromatic carbocycles. The summed E-state index contributed by atoms with van der Waals surface area (Å²) >= 11 is 0. The zero-order valence-corrected chi connectivity index (χ0v) is 9.42. The van der Waals surface area contributed by atoms with Crippen LogP contribution in [0.5, 0.6) is 5.88 Å². The highest BCUT2D eigenvalue weighted by atomic mass is 16.5. The van der Waals surface area contributed by atoms with E-state index in [1.807, 2.05) is 0 Å². The van der Waals surface area contributed by atoms with Gasteiger partial charge in [0.15, 0.2) is 5.56 Å². The molecule has 0 amide bonds. The van der Waals surface area contributed by atoms with Crippen LogP contribution in [-0.2, 0) is 11.3 Å². The van der Waals surface area contributed by atoms with Gasteiger partial charge in [-0.15, -0.1) is 5.10 Å². The van der Waals surface area contributed by atoms with Crippen molar-refractivity contribution in [3.63, 3.8) is 0 Å². The Bertz CT molecular complexity index is 390. The molecule has 0 atom stereocenters. The molecule has 8 heteroatoms. The van der Waals surface area contributed by atoms with Crippen molar-refractivity contribution in [1.82, 2.24) is 9.78 Å². The maximum Gasteiger partial charge on any atom is 0.347 e. The zero-order chi connectivity index (χ0) is 12.8. The van der Waals surface area contributed by atoms with Gasteiger partial charge < -0.3 is 25.4 Å². The van der Waals surface area contributed by atoms with E-state index in [0.29, 0.717) is 0 Å². The molecule has 17 heavy (non-hydrogen) atoms. The van der Waals surface area contributed by atoms with Crippen molar-refractivity contribution in [2.45, 2.75) is 6.54 Å².